The number of amides is 1. The van der Waals surface area contributed by atoms with E-state index in [1.165, 1.54) is 11.8 Å². The van der Waals surface area contributed by atoms with Crippen LogP contribution in [0.5, 0.6) is 0 Å². The van der Waals surface area contributed by atoms with Gasteiger partial charge in [0, 0.05) is 18.4 Å². The molecule has 0 spiro atoms. The van der Waals surface area contributed by atoms with E-state index in [1.807, 2.05) is 0 Å². The fourth-order valence-corrected chi connectivity index (χ4v) is 3.17. The highest BCUT2D eigenvalue weighted by Gasteiger charge is 2.33. The first-order chi connectivity index (χ1) is 7.66. The molecule has 0 bridgehead atoms. The molecular weight excluding hydrogens is 230 g/mol. The predicted molar refractivity (Wildman–Crippen MR) is 59.4 cm³/mol. The number of nitrogens with one attached hydrogen (secondary N) is 1. The molecule has 0 unspecified atom stereocenters. The van der Waals surface area contributed by atoms with Crippen LogP contribution >= 0.6 is 11.8 Å². The summed E-state index contributed by atoms with van der Waals surface area (Å²) in [6.45, 7) is 0.648. The Hall–Kier alpha value is -0.750. The molecule has 6 heteroatoms. The van der Waals surface area contributed by atoms with Crippen LogP contribution in [0.15, 0.2) is 0 Å². The van der Waals surface area contributed by atoms with Crippen molar-refractivity contribution < 1.29 is 19.4 Å². The zero-order valence-corrected chi connectivity index (χ0v) is 9.66. The number of carbonyl (C=O) groups is 2. The predicted octanol–water partition coefficient (Wildman–Crippen LogP) is 0.240. The van der Waals surface area contributed by atoms with Crippen molar-refractivity contribution in [3.8, 4) is 0 Å². The van der Waals surface area contributed by atoms with Crippen molar-refractivity contribution >= 4 is 23.6 Å². The summed E-state index contributed by atoms with van der Waals surface area (Å²) < 4.78 is 5.26. The van der Waals surface area contributed by atoms with Crippen LogP contribution in [0.3, 0.4) is 0 Å². The van der Waals surface area contributed by atoms with Gasteiger partial charge in [0.1, 0.15) is 11.4 Å². The van der Waals surface area contributed by atoms with Gasteiger partial charge in [0.05, 0.1) is 0 Å². The molecule has 2 aliphatic rings. The van der Waals surface area contributed by atoms with Crippen LogP contribution in [0.4, 0.5) is 0 Å². The molecule has 0 aromatic heterocycles. The monoisotopic (exact) mass is 245 g/mol. The summed E-state index contributed by atoms with van der Waals surface area (Å²) in [5, 5.41) is 11.3. The van der Waals surface area contributed by atoms with Gasteiger partial charge in [-0.05, 0) is 19.3 Å². The van der Waals surface area contributed by atoms with Gasteiger partial charge in [0.15, 0.2) is 0 Å². The molecule has 2 fully saturated rings. The minimum Gasteiger partial charge on any atom is -0.480 e. The quantitative estimate of drug-likeness (QED) is 0.745. The Kier molecular flexibility index (Phi) is 3.70. The molecule has 0 radical (unpaired) electrons. The molecule has 0 aliphatic carbocycles. The standard InChI is InChI=1S/C10H15NO4S/c12-9(7-2-1-3-15-7)11-6-4-8(10(13)14)16-5-6/h6-8H,1-5H2,(H,11,12)(H,13,14)/t6-,7-,8-/m0/s1. The second-order valence-electron chi connectivity index (χ2n) is 4.10. The SMILES string of the molecule is O=C(N[C@@H]1CS[C@H](C(=O)O)C1)[C@@H]1CCCO1. The van der Waals surface area contributed by atoms with Gasteiger partial charge in [-0.25, -0.2) is 0 Å². The first kappa shape index (κ1) is 11.7. The van der Waals surface area contributed by atoms with E-state index in [0.717, 1.165) is 12.8 Å². The molecule has 2 saturated heterocycles. The molecule has 2 rings (SSSR count). The first-order valence-corrected chi connectivity index (χ1v) is 6.48. The van der Waals surface area contributed by atoms with Gasteiger partial charge in [-0.2, -0.15) is 0 Å². The Labute approximate surface area is 97.9 Å². The summed E-state index contributed by atoms with van der Waals surface area (Å²) >= 11 is 1.39. The van der Waals surface area contributed by atoms with E-state index >= 15 is 0 Å². The molecule has 2 heterocycles. The molecule has 5 nitrogen and oxygen atoms in total. The highest BCUT2D eigenvalue weighted by Crippen LogP contribution is 2.27. The molecule has 90 valence electrons. The lowest BCUT2D eigenvalue weighted by Crippen LogP contribution is -2.41. The molecule has 0 saturated carbocycles. The van der Waals surface area contributed by atoms with E-state index in [0.29, 0.717) is 18.8 Å². The maximum absolute atomic E-state index is 11.7. The van der Waals surface area contributed by atoms with Crippen LogP contribution in [-0.2, 0) is 14.3 Å². The number of carboxylic acids is 1. The third kappa shape index (κ3) is 2.68. The van der Waals surface area contributed by atoms with Crippen molar-refractivity contribution in [1.82, 2.24) is 5.32 Å². The Morgan fingerprint density at radius 2 is 2.25 bits per heavy atom. The summed E-state index contributed by atoms with van der Waals surface area (Å²) in [6, 6.07) is -0.0252. The number of carboxylic acid groups (broad SMARTS) is 1. The average Bonchev–Trinajstić information content (AvgIpc) is 2.87. The van der Waals surface area contributed by atoms with Crippen molar-refractivity contribution in [3.63, 3.8) is 0 Å². The number of rotatable bonds is 3. The number of carbonyl (C=O) groups excluding carboxylic acids is 1. The first-order valence-electron chi connectivity index (χ1n) is 5.43. The van der Waals surface area contributed by atoms with Gasteiger partial charge in [0.2, 0.25) is 5.91 Å². The van der Waals surface area contributed by atoms with E-state index in [1.54, 1.807) is 0 Å². The molecule has 1 amide bonds. The van der Waals surface area contributed by atoms with E-state index < -0.39 is 5.97 Å². The zero-order valence-electron chi connectivity index (χ0n) is 8.85. The normalized spacial score (nSPS) is 33.9. The molecule has 3 atom stereocenters. The van der Waals surface area contributed by atoms with Crippen molar-refractivity contribution in [2.24, 2.45) is 0 Å². The molecule has 0 aromatic rings. The largest absolute Gasteiger partial charge is 0.480 e. The number of hydrogen-bond donors (Lipinski definition) is 2. The Balaban J connectivity index is 1.78. The van der Waals surface area contributed by atoms with E-state index in [2.05, 4.69) is 5.32 Å². The molecule has 0 aromatic carbocycles. The van der Waals surface area contributed by atoms with Crippen LogP contribution in [0.25, 0.3) is 0 Å². The van der Waals surface area contributed by atoms with Crippen molar-refractivity contribution in [2.45, 2.75) is 36.7 Å². The average molecular weight is 245 g/mol. The van der Waals surface area contributed by atoms with Crippen LogP contribution in [-0.4, -0.2) is 46.7 Å². The van der Waals surface area contributed by atoms with Gasteiger partial charge in [-0.15, -0.1) is 11.8 Å². The summed E-state index contributed by atoms with van der Waals surface area (Å²) in [7, 11) is 0. The lowest BCUT2D eigenvalue weighted by Gasteiger charge is -2.15. The van der Waals surface area contributed by atoms with Crippen LogP contribution in [0, 0.1) is 0 Å². The van der Waals surface area contributed by atoms with Gasteiger partial charge in [0.25, 0.3) is 0 Å². The lowest BCUT2D eigenvalue weighted by molar-refractivity contribution is -0.137. The van der Waals surface area contributed by atoms with E-state index in [-0.39, 0.29) is 23.3 Å². The highest BCUT2D eigenvalue weighted by atomic mass is 32.2. The lowest BCUT2D eigenvalue weighted by atomic mass is 10.1. The Morgan fingerprint density at radius 3 is 2.81 bits per heavy atom. The minimum atomic E-state index is -0.793. The summed E-state index contributed by atoms with van der Waals surface area (Å²) in [4.78, 5) is 22.4. The minimum absolute atomic E-state index is 0.0252. The highest BCUT2D eigenvalue weighted by molar-refractivity contribution is 8.00. The zero-order chi connectivity index (χ0) is 11.5. The number of aliphatic carboxylic acids is 1. The number of thioether (sulfide) groups is 1. The van der Waals surface area contributed by atoms with Gasteiger partial charge < -0.3 is 15.2 Å². The molecule has 2 N–H and O–H groups in total. The summed E-state index contributed by atoms with van der Waals surface area (Å²) in [5.41, 5.74) is 0. The summed E-state index contributed by atoms with van der Waals surface area (Å²) in [5.74, 6) is -0.205. The molecule has 16 heavy (non-hydrogen) atoms. The number of ether oxygens (including phenoxy) is 1. The maximum atomic E-state index is 11.7. The second-order valence-corrected chi connectivity index (χ2v) is 5.34. The van der Waals surface area contributed by atoms with Crippen molar-refractivity contribution in [2.75, 3.05) is 12.4 Å². The van der Waals surface area contributed by atoms with Gasteiger partial charge >= 0.3 is 5.97 Å². The number of hydrogen-bond acceptors (Lipinski definition) is 4. The van der Waals surface area contributed by atoms with E-state index in [9.17, 15) is 9.59 Å². The van der Waals surface area contributed by atoms with Gasteiger partial charge in [-0.1, -0.05) is 0 Å². The van der Waals surface area contributed by atoms with Crippen LogP contribution < -0.4 is 5.32 Å². The van der Waals surface area contributed by atoms with Crippen LogP contribution in [0.1, 0.15) is 19.3 Å². The smallest absolute Gasteiger partial charge is 0.316 e. The maximum Gasteiger partial charge on any atom is 0.316 e. The second kappa shape index (κ2) is 5.05. The van der Waals surface area contributed by atoms with Gasteiger partial charge in [-0.3, -0.25) is 9.59 Å². The van der Waals surface area contributed by atoms with Crippen molar-refractivity contribution in [1.29, 1.82) is 0 Å². The Bertz CT molecular complexity index is 291. The molecule has 2 aliphatic heterocycles. The topological polar surface area (TPSA) is 75.6 Å². The summed E-state index contributed by atoms with van der Waals surface area (Å²) in [6.07, 6.45) is 1.88. The third-order valence-corrected chi connectivity index (χ3v) is 4.23. The van der Waals surface area contributed by atoms with Crippen LogP contribution in [0.2, 0.25) is 0 Å². The van der Waals surface area contributed by atoms with Crippen molar-refractivity contribution in [3.05, 3.63) is 0 Å². The Morgan fingerprint density at radius 1 is 1.44 bits per heavy atom. The third-order valence-electron chi connectivity index (χ3n) is 2.84. The van der Waals surface area contributed by atoms with E-state index in [4.69, 9.17) is 9.84 Å². The fraction of sp³-hybridized carbons (Fsp3) is 0.800. The fourth-order valence-electron chi connectivity index (χ4n) is 1.98. The molecular formula is C10H15NO4S.